The van der Waals surface area contributed by atoms with Gasteiger partial charge in [0, 0.05) is 26.7 Å². The number of hydrogen-bond acceptors (Lipinski definition) is 2. The molecule has 0 unspecified atom stereocenters. The standard InChI is InChI=1S/C14H15N.C7H3BrClNO2/c1-3-7-13(8-4-1)11-15-12-14-9-5-2-6-10-14;8-4-1-3(9)2-5-6(4)10-7(11)12-5/h1-10,15H,11-12H2;1-2H,(H,10,11)/p+1. The fourth-order valence-electron chi connectivity index (χ4n) is 2.61. The summed E-state index contributed by atoms with van der Waals surface area (Å²) in [7, 11) is 0. The van der Waals surface area contributed by atoms with Gasteiger partial charge in [0.25, 0.3) is 0 Å². The molecule has 0 bridgehead atoms. The molecule has 3 N–H and O–H groups in total. The number of fused-ring (bicyclic) bond motifs is 1. The van der Waals surface area contributed by atoms with E-state index in [1.54, 1.807) is 12.1 Å². The molecule has 3 aromatic carbocycles. The van der Waals surface area contributed by atoms with Crippen LogP contribution < -0.4 is 11.1 Å². The molecule has 0 amide bonds. The van der Waals surface area contributed by atoms with Crippen LogP contribution in [0.2, 0.25) is 5.02 Å². The van der Waals surface area contributed by atoms with E-state index in [1.165, 1.54) is 11.1 Å². The lowest BCUT2D eigenvalue weighted by atomic mass is 10.2. The molecule has 4 nitrogen and oxygen atoms in total. The smallest absolute Gasteiger partial charge is 0.408 e. The van der Waals surface area contributed by atoms with Gasteiger partial charge in [0.1, 0.15) is 18.6 Å². The summed E-state index contributed by atoms with van der Waals surface area (Å²) in [5, 5.41) is 2.85. The number of nitrogens with one attached hydrogen (secondary N) is 1. The molecule has 1 heterocycles. The minimum absolute atomic E-state index is 0.458. The number of quaternary nitrogens is 1. The number of halogens is 2. The largest absolute Gasteiger partial charge is 0.417 e. The molecule has 0 aliphatic heterocycles. The van der Waals surface area contributed by atoms with Gasteiger partial charge in [-0.15, -0.1) is 0 Å². The predicted octanol–water partition coefficient (Wildman–Crippen LogP) is 4.49. The van der Waals surface area contributed by atoms with E-state index < -0.39 is 5.76 Å². The van der Waals surface area contributed by atoms with Gasteiger partial charge >= 0.3 is 5.76 Å². The van der Waals surface area contributed by atoms with E-state index in [-0.39, 0.29) is 0 Å². The van der Waals surface area contributed by atoms with Crippen LogP contribution in [0.3, 0.4) is 0 Å². The van der Waals surface area contributed by atoms with E-state index in [2.05, 4.69) is 86.9 Å². The number of nitrogens with two attached hydrogens (primary N) is 1. The van der Waals surface area contributed by atoms with E-state index in [4.69, 9.17) is 16.0 Å². The van der Waals surface area contributed by atoms with E-state index in [0.717, 1.165) is 17.6 Å². The number of aromatic amines is 1. The monoisotopic (exact) mass is 445 g/mol. The van der Waals surface area contributed by atoms with E-state index in [0.29, 0.717) is 16.1 Å². The first kappa shape index (κ1) is 19.4. The second kappa shape index (κ2) is 9.55. The number of benzene rings is 3. The molecule has 27 heavy (non-hydrogen) atoms. The van der Waals surface area contributed by atoms with Crippen LogP contribution in [0.1, 0.15) is 11.1 Å². The van der Waals surface area contributed by atoms with Crippen LogP contribution in [0.15, 0.2) is 86.5 Å². The van der Waals surface area contributed by atoms with Gasteiger partial charge in [-0.3, -0.25) is 4.98 Å². The summed E-state index contributed by atoms with van der Waals surface area (Å²) in [6.07, 6.45) is 0. The average molecular weight is 447 g/mol. The molecule has 1 aromatic heterocycles. The zero-order valence-electron chi connectivity index (χ0n) is 14.5. The first-order chi connectivity index (χ1) is 13.1. The van der Waals surface area contributed by atoms with E-state index in [1.807, 2.05) is 0 Å². The number of H-pyrrole nitrogens is 1. The van der Waals surface area contributed by atoms with Gasteiger partial charge in [-0.2, -0.15) is 0 Å². The number of aromatic nitrogens is 1. The lowest BCUT2D eigenvalue weighted by Crippen LogP contribution is -2.80. The van der Waals surface area contributed by atoms with E-state index >= 15 is 0 Å². The number of rotatable bonds is 4. The molecule has 0 aliphatic rings. The lowest BCUT2D eigenvalue weighted by Gasteiger charge is -2.01. The average Bonchev–Trinajstić information content (AvgIpc) is 3.05. The highest BCUT2D eigenvalue weighted by molar-refractivity contribution is 9.10. The van der Waals surface area contributed by atoms with Gasteiger partial charge in [0.05, 0.1) is 0 Å². The van der Waals surface area contributed by atoms with Crippen LogP contribution in [0.25, 0.3) is 11.1 Å². The molecule has 0 spiro atoms. The maximum absolute atomic E-state index is 10.8. The molecule has 0 saturated heterocycles. The van der Waals surface area contributed by atoms with Crippen molar-refractivity contribution in [3.05, 3.63) is 104 Å². The summed E-state index contributed by atoms with van der Waals surface area (Å²) in [6.45, 7) is 2.10. The molecular weight excluding hydrogens is 428 g/mol. The van der Waals surface area contributed by atoms with Crippen LogP contribution in [0.4, 0.5) is 0 Å². The third-order valence-electron chi connectivity index (χ3n) is 3.89. The van der Waals surface area contributed by atoms with Gasteiger partial charge in [-0.1, -0.05) is 72.3 Å². The highest BCUT2D eigenvalue weighted by Gasteiger charge is 2.05. The van der Waals surface area contributed by atoms with Gasteiger partial charge < -0.3 is 9.73 Å². The highest BCUT2D eigenvalue weighted by atomic mass is 79.9. The summed E-state index contributed by atoms with van der Waals surface area (Å²) in [4.78, 5) is 13.3. The summed E-state index contributed by atoms with van der Waals surface area (Å²) in [5.41, 5.74) is 3.85. The topological polar surface area (TPSA) is 62.6 Å². The Morgan fingerprint density at radius 1 is 0.926 bits per heavy atom. The Balaban J connectivity index is 0.000000159. The molecule has 138 valence electrons. The van der Waals surface area contributed by atoms with Crippen molar-refractivity contribution in [1.29, 1.82) is 0 Å². The Labute approximate surface area is 170 Å². The van der Waals surface area contributed by atoms with E-state index in [9.17, 15) is 4.79 Å². The van der Waals surface area contributed by atoms with Crippen molar-refractivity contribution in [3.63, 3.8) is 0 Å². The first-order valence-corrected chi connectivity index (χ1v) is 9.66. The Morgan fingerprint density at radius 2 is 1.48 bits per heavy atom. The van der Waals surface area contributed by atoms with Crippen molar-refractivity contribution < 1.29 is 9.73 Å². The molecule has 4 aromatic rings. The fourth-order valence-corrected chi connectivity index (χ4v) is 3.49. The van der Waals surface area contributed by atoms with Crippen molar-refractivity contribution in [2.24, 2.45) is 0 Å². The Morgan fingerprint density at radius 3 is 2.04 bits per heavy atom. The van der Waals surface area contributed by atoms with Crippen molar-refractivity contribution in [1.82, 2.24) is 4.98 Å². The van der Waals surface area contributed by atoms with Crippen LogP contribution >= 0.6 is 27.5 Å². The highest BCUT2D eigenvalue weighted by Crippen LogP contribution is 2.25. The molecule has 0 fully saturated rings. The molecule has 0 aliphatic carbocycles. The third kappa shape index (κ3) is 5.82. The van der Waals surface area contributed by atoms with Gasteiger partial charge in [-0.05, 0) is 22.0 Å². The quantitative estimate of drug-likeness (QED) is 0.485. The molecule has 0 saturated carbocycles. The van der Waals surface area contributed by atoms with Crippen molar-refractivity contribution in [2.45, 2.75) is 13.1 Å². The van der Waals surface area contributed by atoms with Crippen LogP contribution in [0, 0.1) is 0 Å². The minimum atomic E-state index is -0.479. The van der Waals surface area contributed by atoms with Crippen LogP contribution in [-0.2, 0) is 13.1 Å². The lowest BCUT2D eigenvalue weighted by molar-refractivity contribution is -0.686. The van der Waals surface area contributed by atoms with Gasteiger partial charge in [0.15, 0.2) is 5.58 Å². The number of hydrogen-bond donors (Lipinski definition) is 2. The molecule has 4 rings (SSSR count). The maximum atomic E-state index is 10.8. The fraction of sp³-hybridized carbons (Fsp3) is 0.0952. The van der Waals surface area contributed by atoms with Crippen molar-refractivity contribution in [3.8, 4) is 0 Å². The van der Waals surface area contributed by atoms with Gasteiger partial charge in [0.2, 0.25) is 0 Å². The minimum Gasteiger partial charge on any atom is -0.408 e. The first-order valence-electron chi connectivity index (χ1n) is 8.49. The summed E-state index contributed by atoms with van der Waals surface area (Å²) in [5.74, 6) is -0.479. The zero-order valence-corrected chi connectivity index (χ0v) is 16.8. The second-order valence-corrected chi connectivity index (χ2v) is 7.23. The summed E-state index contributed by atoms with van der Waals surface area (Å²) in [6, 6.07) is 24.4. The molecule has 0 radical (unpaired) electrons. The molecule has 6 heteroatoms. The van der Waals surface area contributed by atoms with Crippen LogP contribution in [-0.4, -0.2) is 4.98 Å². The second-order valence-electron chi connectivity index (χ2n) is 5.94. The molecular formula is C21H19BrClN2O2+. The normalized spacial score (nSPS) is 10.4. The summed E-state index contributed by atoms with van der Waals surface area (Å²) >= 11 is 8.97. The Hall–Kier alpha value is -2.34. The zero-order chi connectivity index (χ0) is 19.1. The number of oxazole rings is 1. The maximum Gasteiger partial charge on any atom is 0.417 e. The SMILES string of the molecule is O=c1[nH]c2c(Br)cc(Cl)cc2o1.c1ccc(C[NH2+]Cc2ccccc2)cc1. The Kier molecular flexibility index (Phi) is 6.87. The Bertz CT molecular complexity index is 1010. The van der Waals surface area contributed by atoms with Crippen molar-refractivity contribution in [2.75, 3.05) is 0 Å². The third-order valence-corrected chi connectivity index (χ3v) is 4.74. The van der Waals surface area contributed by atoms with Crippen molar-refractivity contribution >= 4 is 38.6 Å². The molecule has 0 atom stereocenters. The summed E-state index contributed by atoms with van der Waals surface area (Å²) < 4.78 is 5.52. The predicted molar refractivity (Wildman–Crippen MR) is 112 cm³/mol. The van der Waals surface area contributed by atoms with Crippen LogP contribution in [0.5, 0.6) is 0 Å². The van der Waals surface area contributed by atoms with Gasteiger partial charge in [-0.25, -0.2) is 4.79 Å².